The number of rotatable bonds is 4. The highest BCUT2D eigenvalue weighted by Crippen LogP contribution is 2.06. The van der Waals surface area contributed by atoms with Crippen LogP contribution in [0.3, 0.4) is 0 Å². The third-order valence-corrected chi connectivity index (χ3v) is 2.43. The Morgan fingerprint density at radius 3 is 2.44 bits per heavy atom. The van der Waals surface area contributed by atoms with Gasteiger partial charge in [-0.2, -0.15) is 5.10 Å². The summed E-state index contributed by atoms with van der Waals surface area (Å²) in [5.74, 6) is 0.855. The van der Waals surface area contributed by atoms with Crippen LogP contribution in [0.2, 0.25) is 0 Å². The molecule has 0 saturated carbocycles. The SMILES string of the molecule is CCNC(=NCc1cnn(C)c1C)NCC. The van der Waals surface area contributed by atoms with E-state index in [2.05, 4.69) is 41.5 Å². The van der Waals surface area contributed by atoms with E-state index in [1.807, 2.05) is 17.9 Å². The second kappa shape index (κ2) is 6.15. The average molecular weight is 223 g/mol. The number of aryl methyl sites for hydroxylation is 1. The fourth-order valence-corrected chi connectivity index (χ4v) is 1.37. The summed E-state index contributed by atoms with van der Waals surface area (Å²) in [6.45, 7) is 8.58. The van der Waals surface area contributed by atoms with Gasteiger partial charge < -0.3 is 10.6 Å². The van der Waals surface area contributed by atoms with Crippen LogP contribution in [0, 0.1) is 6.92 Å². The molecule has 5 heteroatoms. The van der Waals surface area contributed by atoms with Crippen LogP contribution in [0.15, 0.2) is 11.2 Å². The Morgan fingerprint density at radius 2 is 2.00 bits per heavy atom. The molecule has 16 heavy (non-hydrogen) atoms. The van der Waals surface area contributed by atoms with Gasteiger partial charge in [0.05, 0.1) is 12.7 Å². The first kappa shape index (κ1) is 12.5. The first-order chi connectivity index (χ1) is 7.69. The summed E-state index contributed by atoms with van der Waals surface area (Å²) in [4.78, 5) is 4.49. The maximum absolute atomic E-state index is 4.49. The topological polar surface area (TPSA) is 54.2 Å². The predicted octanol–water partition coefficient (Wildman–Crippen LogP) is 0.804. The molecule has 0 bridgehead atoms. The Morgan fingerprint density at radius 1 is 1.38 bits per heavy atom. The van der Waals surface area contributed by atoms with Crippen molar-refractivity contribution in [1.29, 1.82) is 0 Å². The van der Waals surface area contributed by atoms with Crippen molar-refractivity contribution in [3.63, 3.8) is 0 Å². The Labute approximate surface area is 97.0 Å². The van der Waals surface area contributed by atoms with Gasteiger partial charge in [-0.1, -0.05) is 0 Å². The zero-order valence-corrected chi connectivity index (χ0v) is 10.5. The number of aromatic nitrogens is 2. The van der Waals surface area contributed by atoms with Crippen molar-refractivity contribution >= 4 is 5.96 Å². The molecule has 1 aromatic rings. The second-order valence-corrected chi connectivity index (χ2v) is 3.60. The minimum absolute atomic E-state index is 0.662. The zero-order valence-electron chi connectivity index (χ0n) is 10.5. The lowest BCUT2D eigenvalue weighted by molar-refractivity contribution is 0.737. The van der Waals surface area contributed by atoms with E-state index in [0.717, 1.165) is 30.3 Å². The highest BCUT2D eigenvalue weighted by atomic mass is 15.3. The summed E-state index contributed by atoms with van der Waals surface area (Å²) >= 11 is 0. The van der Waals surface area contributed by atoms with E-state index in [1.54, 1.807) is 0 Å². The molecule has 0 aliphatic carbocycles. The summed E-state index contributed by atoms with van der Waals surface area (Å²) < 4.78 is 1.87. The number of aliphatic imine (C=N–C) groups is 1. The minimum atomic E-state index is 0.662. The quantitative estimate of drug-likeness (QED) is 0.586. The van der Waals surface area contributed by atoms with Gasteiger partial charge in [-0.05, 0) is 20.8 Å². The van der Waals surface area contributed by atoms with Crippen LogP contribution in [0.25, 0.3) is 0 Å². The van der Waals surface area contributed by atoms with Gasteiger partial charge >= 0.3 is 0 Å². The van der Waals surface area contributed by atoms with E-state index >= 15 is 0 Å². The molecule has 0 fully saturated rings. The van der Waals surface area contributed by atoms with Crippen LogP contribution in [0.5, 0.6) is 0 Å². The smallest absolute Gasteiger partial charge is 0.191 e. The minimum Gasteiger partial charge on any atom is -0.357 e. The highest BCUT2D eigenvalue weighted by molar-refractivity contribution is 5.79. The standard InChI is InChI=1S/C11H21N5/c1-5-12-11(13-6-2)14-7-10-8-15-16(4)9(10)3/h8H,5-7H2,1-4H3,(H2,12,13,14). The first-order valence-electron chi connectivity index (χ1n) is 5.68. The van der Waals surface area contributed by atoms with Crippen molar-refractivity contribution in [2.24, 2.45) is 12.0 Å². The van der Waals surface area contributed by atoms with E-state index in [4.69, 9.17) is 0 Å². The lowest BCUT2D eigenvalue weighted by atomic mass is 10.3. The van der Waals surface area contributed by atoms with Gasteiger partial charge in [0.2, 0.25) is 0 Å². The summed E-state index contributed by atoms with van der Waals surface area (Å²) in [6, 6.07) is 0. The van der Waals surface area contributed by atoms with E-state index in [9.17, 15) is 0 Å². The molecule has 0 radical (unpaired) electrons. The van der Waals surface area contributed by atoms with Crippen molar-refractivity contribution in [3.05, 3.63) is 17.5 Å². The van der Waals surface area contributed by atoms with Crippen molar-refractivity contribution in [1.82, 2.24) is 20.4 Å². The summed E-state index contributed by atoms with van der Waals surface area (Å²) in [5.41, 5.74) is 2.33. The molecule has 90 valence electrons. The molecular weight excluding hydrogens is 202 g/mol. The van der Waals surface area contributed by atoms with Gasteiger partial charge in [0.15, 0.2) is 5.96 Å². The largest absolute Gasteiger partial charge is 0.357 e. The molecule has 0 spiro atoms. The van der Waals surface area contributed by atoms with Crippen molar-refractivity contribution in [3.8, 4) is 0 Å². The molecule has 0 aliphatic heterocycles. The van der Waals surface area contributed by atoms with Crippen molar-refractivity contribution in [2.75, 3.05) is 13.1 Å². The Kier molecular flexibility index (Phi) is 4.82. The average Bonchev–Trinajstić information content (AvgIpc) is 2.58. The molecule has 2 N–H and O–H groups in total. The molecule has 1 heterocycles. The number of hydrogen-bond acceptors (Lipinski definition) is 2. The Hall–Kier alpha value is -1.52. The van der Waals surface area contributed by atoms with Gasteiger partial charge in [-0.15, -0.1) is 0 Å². The van der Waals surface area contributed by atoms with Gasteiger partial charge in [0.1, 0.15) is 0 Å². The predicted molar refractivity (Wildman–Crippen MR) is 66.4 cm³/mol. The summed E-state index contributed by atoms with van der Waals surface area (Å²) in [7, 11) is 1.94. The number of guanidine groups is 1. The van der Waals surface area contributed by atoms with Crippen LogP contribution >= 0.6 is 0 Å². The van der Waals surface area contributed by atoms with Crippen LogP contribution in [-0.2, 0) is 13.6 Å². The maximum Gasteiger partial charge on any atom is 0.191 e. The molecule has 0 saturated heterocycles. The molecule has 1 aromatic heterocycles. The maximum atomic E-state index is 4.49. The summed E-state index contributed by atoms with van der Waals surface area (Å²) in [6.07, 6.45) is 1.87. The monoisotopic (exact) mass is 223 g/mol. The fraction of sp³-hybridized carbons (Fsp3) is 0.636. The van der Waals surface area contributed by atoms with Crippen LogP contribution in [0.4, 0.5) is 0 Å². The van der Waals surface area contributed by atoms with Crippen LogP contribution < -0.4 is 10.6 Å². The Balaban J connectivity index is 2.65. The number of nitrogens with zero attached hydrogens (tertiary/aromatic N) is 3. The first-order valence-corrected chi connectivity index (χ1v) is 5.68. The number of hydrogen-bond donors (Lipinski definition) is 2. The molecule has 0 unspecified atom stereocenters. The lowest BCUT2D eigenvalue weighted by Gasteiger charge is -2.08. The zero-order chi connectivity index (χ0) is 12.0. The number of nitrogens with one attached hydrogen (secondary N) is 2. The molecule has 0 aliphatic rings. The molecule has 1 rings (SSSR count). The van der Waals surface area contributed by atoms with Gasteiger partial charge in [0.25, 0.3) is 0 Å². The van der Waals surface area contributed by atoms with E-state index in [0.29, 0.717) is 6.54 Å². The second-order valence-electron chi connectivity index (χ2n) is 3.60. The Bertz CT molecular complexity index is 345. The fourth-order valence-electron chi connectivity index (χ4n) is 1.37. The normalized spacial score (nSPS) is 10.0. The molecular formula is C11H21N5. The van der Waals surface area contributed by atoms with E-state index in [1.165, 1.54) is 0 Å². The van der Waals surface area contributed by atoms with Crippen LogP contribution in [0.1, 0.15) is 25.1 Å². The molecule has 0 aromatic carbocycles. The van der Waals surface area contributed by atoms with Crippen molar-refractivity contribution in [2.45, 2.75) is 27.3 Å². The molecule has 0 atom stereocenters. The third-order valence-electron chi connectivity index (χ3n) is 2.43. The van der Waals surface area contributed by atoms with Crippen LogP contribution in [-0.4, -0.2) is 28.8 Å². The molecule has 0 amide bonds. The van der Waals surface area contributed by atoms with Gasteiger partial charge in [-0.3, -0.25) is 4.68 Å². The highest BCUT2D eigenvalue weighted by Gasteiger charge is 2.02. The lowest BCUT2D eigenvalue weighted by Crippen LogP contribution is -2.36. The van der Waals surface area contributed by atoms with E-state index in [-0.39, 0.29) is 0 Å². The van der Waals surface area contributed by atoms with Gasteiger partial charge in [-0.25, -0.2) is 4.99 Å². The van der Waals surface area contributed by atoms with Crippen molar-refractivity contribution < 1.29 is 0 Å². The van der Waals surface area contributed by atoms with E-state index < -0.39 is 0 Å². The summed E-state index contributed by atoms with van der Waals surface area (Å²) in [5, 5.41) is 10.6. The molecule has 5 nitrogen and oxygen atoms in total. The third kappa shape index (κ3) is 3.25. The van der Waals surface area contributed by atoms with Gasteiger partial charge in [0, 0.05) is 31.4 Å².